The second-order valence-corrected chi connectivity index (χ2v) is 10.0. The second-order valence-electron chi connectivity index (χ2n) is 3.94. The van der Waals surface area contributed by atoms with Crippen LogP contribution in [0.4, 0.5) is 0 Å². The van der Waals surface area contributed by atoms with E-state index < -0.39 is 17.0 Å². The zero-order valence-corrected chi connectivity index (χ0v) is 11.7. The van der Waals surface area contributed by atoms with Gasteiger partial charge in [-0.1, -0.05) is 0 Å². The lowest BCUT2D eigenvalue weighted by Crippen LogP contribution is -1.86. The highest BCUT2D eigenvalue weighted by Crippen LogP contribution is 2.28. The molecule has 0 bridgehead atoms. The van der Waals surface area contributed by atoms with E-state index in [0.29, 0.717) is 0 Å². The molecule has 0 aromatic rings. The van der Waals surface area contributed by atoms with Gasteiger partial charge in [0.1, 0.15) is 15.6 Å². The van der Waals surface area contributed by atoms with Crippen molar-refractivity contribution < 1.29 is 17.8 Å². The van der Waals surface area contributed by atoms with Crippen LogP contribution in [-0.4, -0.2) is 46.7 Å². The van der Waals surface area contributed by atoms with E-state index in [1.165, 1.54) is 13.8 Å². The van der Waals surface area contributed by atoms with Crippen molar-refractivity contribution in [1.29, 1.82) is 0 Å². The summed E-state index contributed by atoms with van der Waals surface area (Å²) in [4.78, 5) is 9.44. The third-order valence-corrected chi connectivity index (χ3v) is 0. The maximum atomic E-state index is 10.2. The van der Waals surface area contributed by atoms with Crippen LogP contribution in [0.25, 0.3) is 0 Å². The maximum Gasteiger partial charge on any atom is 0.144 e. The summed E-state index contributed by atoms with van der Waals surface area (Å²) in [5, 5.41) is 0. The predicted molar refractivity (Wildman–Crippen MR) is 62.5 cm³/mol. The second kappa shape index (κ2) is 8.18. The topological polar surface area (TPSA) is 68.3 Å². The molecule has 0 N–H and O–H groups in total. The van der Waals surface area contributed by atoms with E-state index in [2.05, 4.69) is 0 Å². The molecule has 0 saturated carbocycles. The number of rotatable bonds is 0. The van der Waals surface area contributed by atoms with Gasteiger partial charge in [0.05, 0.1) is 7.14 Å². The molecule has 0 unspecified atom stereocenters. The van der Waals surface area contributed by atoms with E-state index in [0.717, 1.165) is 12.5 Å². The summed E-state index contributed by atoms with van der Waals surface area (Å²) in [6.45, 7) is 8.28. The van der Waals surface area contributed by atoms with Gasteiger partial charge in [-0.15, -0.1) is 0 Å². The molecule has 0 rings (SSSR count). The van der Waals surface area contributed by atoms with Crippen molar-refractivity contribution in [3.05, 3.63) is 0 Å². The van der Waals surface area contributed by atoms with Crippen LogP contribution in [0.3, 0.4) is 0 Å². The van der Waals surface area contributed by atoms with Gasteiger partial charge in [-0.2, -0.15) is 0 Å². The van der Waals surface area contributed by atoms with Crippen LogP contribution in [0.1, 0.15) is 13.8 Å². The lowest BCUT2D eigenvalue weighted by molar-refractivity contribution is -0.114. The van der Waals surface area contributed by atoms with Gasteiger partial charge in [0.25, 0.3) is 0 Å². The molecule has 0 saturated heterocycles. The number of ketones is 1. The average Bonchev–Trinajstić information content (AvgIpc) is 1.45. The van der Waals surface area contributed by atoms with Crippen molar-refractivity contribution in [3.63, 3.8) is 0 Å². The highest BCUT2D eigenvalue weighted by Gasteiger charge is 1.89. The van der Waals surface area contributed by atoms with E-state index in [1.807, 2.05) is 0 Å². The summed E-state index contributed by atoms with van der Waals surface area (Å²) in [6.07, 6.45) is 2.32. The van der Waals surface area contributed by atoms with Gasteiger partial charge in [0.15, 0.2) is 0 Å². The zero-order chi connectivity index (χ0) is 12.6. The smallest absolute Gasteiger partial charge is 0.144 e. The number of Topliss-reactive ketones (excluding diaryl/α,β-unsaturated/α-hetero) is 1. The van der Waals surface area contributed by atoms with Crippen molar-refractivity contribution in [2.75, 3.05) is 32.5 Å². The van der Waals surface area contributed by atoms with Gasteiger partial charge in [0, 0.05) is 12.5 Å². The average molecular weight is 244 g/mol. The third kappa shape index (κ3) is 62000. The van der Waals surface area contributed by atoms with Crippen LogP contribution in [0, 0.1) is 0 Å². The molecule has 6 heteroatoms. The first-order valence-electron chi connectivity index (χ1n) is 3.88. The Hall–Kier alpha value is -0.150. The predicted octanol–water partition coefficient (Wildman–Crippen LogP) is 1.49. The van der Waals surface area contributed by atoms with Crippen LogP contribution >= 0.6 is 7.14 Å². The first-order valence-corrected chi connectivity index (χ1v) is 9.23. The van der Waals surface area contributed by atoms with Crippen LogP contribution < -0.4 is 0 Å². The first kappa shape index (κ1) is 19.4. The third-order valence-electron chi connectivity index (χ3n) is 0. The minimum Gasteiger partial charge on any atom is -0.324 e. The molecular weight excluding hydrogens is 223 g/mol. The van der Waals surface area contributed by atoms with Gasteiger partial charge < -0.3 is 9.36 Å². The largest absolute Gasteiger partial charge is 0.324 e. The number of hydrogen-bond acceptors (Lipinski definition) is 4. The van der Waals surface area contributed by atoms with Gasteiger partial charge in [-0.05, 0) is 33.8 Å². The van der Waals surface area contributed by atoms with E-state index in [4.69, 9.17) is 0 Å². The molecule has 14 heavy (non-hydrogen) atoms. The van der Waals surface area contributed by atoms with Crippen molar-refractivity contribution in [3.8, 4) is 0 Å². The van der Waals surface area contributed by atoms with Crippen LogP contribution in [0.2, 0.25) is 0 Å². The minimum atomic E-state index is -2.67. The molecule has 0 spiro atoms. The summed E-state index contributed by atoms with van der Waals surface area (Å²) < 4.78 is 29.5. The Morgan fingerprint density at radius 1 is 1.00 bits per heavy atom. The lowest BCUT2D eigenvalue weighted by atomic mass is 10.6. The summed E-state index contributed by atoms with van der Waals surface area (Å²) in [7, 11) is -4.31. The van der Waals surface area contributed by atoms with Crippen LogP contribution in [-0.2, 0) is 19.2 Å². The van der Waals surface area contributed by atoms with Crippen molar-refractivity contribution in [2.45, 2.75) is 13.8 Å². The fraction of sp³-hybridized carbons (Fsp3) is 0.875. The van der Waals surface area contributed by atoms with Crippen LogP contribution in [0.15, 0.2) is 0 Å². The standard InChI is InChI=1S/C3H9OP.C3H6O.C2H6O2S/c1-5(2,3)4;1-3(2)4;1-5(2,3)4/h1-3H3;1-2H3;1-2H3. The fourth-order valence-corrected chi connectivity index (χ4v) is 0. The molecule has 0 aliphatic carbocycles. The lowest BCUT2D eigenvalue weighted by Gasteiger charge is -1.86. The number of carbonyl (C=O) groups excluding carboxylic acids is 1. The molecule has 0 atom stereocenters. The monoisotopic (exact) mass is 244 g/mol. The molecule has 0 amide bonds. The molecule has 0 heterocycles. The van der Waals surface area contributed by atoms with E-state index in [1.54, 1.807) is 20.0 Å². The Morgan fingerprint density at radius 2 is 1.00 bits per heavy atom. The highest BCUT2D eigenvalue weighted by molar-refractivity contribution is 7.89. The fourth-order valence-electron chi connectivity index (χ4n) is 0. The van der Waals surface area contributed by atoms with E-state index in [9.17, 15) is 17.8 Å². The number of hydrogen-bond donors (Lipinski definition) is 0. The molecular formula is C8H21O4PS. The normalized spacial score (nSPS) is 10.2. The Bertz CT molecular complexity index is 266. The quantitative estimate of drug-likeness (QED) is 0.605. The van der Waals surface area contributed by atoms with Gasteiger partial charge in [0.2, 0.25) is 0 Å². The molecule has 0 radical (unpaired) electrons. The van der Waals surface area contributed by atoms with Crippen molar-refractivity contribution in [1.82, 2.24) is 0 Å². The van der Waals surface area contributed by atoms with E-state index >= 15 is 0 Å². The zero-order valence-electron chi connectivity index (χ0n) is 9.99. The SMILES string of the molecule is CC(C)=O.CP(C)(C)=O.CS(C)(=O)=O. The molecule has 0 aromatic carbocycles. The van der Waals surface area contributed by atoms with E-state index in [-0.39, 0.29) is 5.78 Å². The molecule has 4 nitrogen and oxygen atoms in total. The number of sulfone groups is 1. The van der Waals surface area contributed by atoms with Crippen molar-refractivity contribution in [2.24, 2.45) is 0 Å². The molecule has 0 aliphatic rings. The minimum absolute atomic E-state index is 0.167. The van der Waals surface area contributed by atoms with Gasteiger partial charge in [-0.3, -0.25) is 0 Å². The van der Waals surface area contributed by atoms with Crippen molar-refractivity contribution >= 4 is 22.8 Å². The molecule has 0 fully saturated rings. The number of carbonyl (C=O) groups is 1. The van der Waals surface area contributed by atoms with Gasteiger partial charge in [-0.25, -0.2) is 8.42 Å². The Balaban J connectivity index is -0.000000131. The Morgan fingerprint density at radius 3 is 1.00 bits per heavy atom. The molecule has 0 aliphatic heterocycles. The summed E-state index contributed by atoms with van der Waals surface area (Å²) in [5.41, 5.74) is 0. The summed E-state index contributed by atoms with van der Waals surface area (Å²) >= 11 is 0. The Labute approximate surface area is 87.4 Å². The van der Waals surface area contributed by atoms with Crippen LogP contribution in [0.5, 0.6) is 0 Å². The van der Waals surface area contributed by atoms with Gasteiger partial charge >= 0.3 is 0 Å². The maximum absolute atomic E-state index is 10.2. The highest BCUT2D eigenvalue weighted by atomic mass is 32.2. The molecule has 88 valence electrons. The summed E-state index contributed by atoms with van der Waals surface area (Å²) in [5.74, 6) is 0.167. The first-order chi connectivity index (χ1) is 5.73. The summed E-state index contributed by atoms with van der Waals surface area (Å²) in [6, 6.07) is 0. The Kier molecular flexibility index (Phi) is 11.4. The molecule has 0 aromatic heterocycles.